The normalized spacial score (nSPS) is 37.5. The van der Waals surface area contributed by atoms with Crippen molar-refractivity contribution in [2.75, 3.05) is 0 Å². The van der Waals surface area contributed by atoms with E-state index in [0.717, 1.165) is 0 Å². The molecule has 0 heterocycles. The summed E-state index contributed by atoms with van der Waals surface area (Å²) >= 11 is 0. The molecule has 0 aromatic rings. The molecule has 0 amide bonds. The molecule has 5 heteroatoms. The van der Waals surface area contributed by atoms with E-state index in [2.05, 4.69) is 0 Å². The first-order valence-electron chi connectivity index (χ1n) is 4.05. The van der Waals surface area contributed by atoms with E-state index < -0.39 is 23.7 Å². The van der Waals surface area contributed by atoms with Crippen LogP contribution in [0.25, 0.3) is 0 Å². The number of alkyl halides is 3. The van der Waals surface area contributed by atoms with Gasteiger partial charge < -0.3 is 0 Å². The molecular formula is C8H7F3O2. The number of fused-ring (bicyclic) bond motifs is 1. The second kappa shape index (κ2) is 2.33. The molecule has 3 atom stereocenters. The van der Waals surface area contributed by atoms with Crippen LogP contribution in [0.15, 0.2) is 0 Å². The molecule has 0 aliphatic heterocycles. The zero-order valence-electron chi connectivity index (χ0n) is 6.60. The lowest BCUT2D eigenvalue weighted by Gasteiger charge is -2.11. The summed E-state index contributed by atoms with van der Waals surface area (Å²) in [4.78, 5) is 21.8. The quantitative estimate of drug-likeness (QED) is 0.587. The molecule has 0 bridgehead atoms. The first-order valence-corrected chi connectivity index (χ1v) is 4.05. The summed E-state index contributed by atoms with van der Waals surface area (Å²) in [5, 5.41) is 0. The number of hydrogen-bond acceptors (Lipinski definition) is 2. The van der Waals surface area contributed by atoms with Gasteiger partial charge in [0.2, 0.25) is 5.78 Å². The average Bonchev–Trinajstić information content (AvgIpc) is 2.61. The Balaban J connectivity index is 2.17. The maximum absolute atomic E-state index is 12.0. The Hall–Kier alpha value is -0.870. The predicted octanol–water partition coefficient (Wildman–Crippen LogP) is 1.34. The van der Waals surface area contributed by atoms with Crippen molar-refractivity contribution in [2.45, 2.75) is 19.0 Å². The summed E-state index contributed by atoms with van der Waals surface area (Å²) in [6.45, 7) is 0. The summed E-state index contributed by atoms with van der Waals surface area (Å²) < 4.78 is 35.9. The van der Waals surface area contributed by atoms with Gasteiger partial charge in [-0.15, -0.1) is 0 Å². The minimum absolute atomic E-state index is 0.0591. The number of rotatable bonds is 1. The van der Waals surface area contributed by atoms with Crippen LogP contribution in [-0.4, -0.2) is 17.7 Å². The van der Waals surface area contributed by atoms with Crippen LogP contribution in [0.5, 0.6) is 0 Å². The summed E-state index contributed by atoms with van der Waals surface area (Å²) in [5.74, 6) is -3.98. The highest BCUT2D eigenvalue weighted by Gasteiger charge is 2.60. The highest BCUT2D eigenvalue weighted by Crippen LogP contribution is 2.54. The summed E-state index contributed by atoms with van der Waals surface area (Å²) in [6, 6.07) is 0. The molecule has 0 N–H and O–H groups in total. The van der Waals surface area contributed by atoms with Crippen molar-refractivity contribution >= 4 is 11.6 Å². The van der Waals surface area contributed by atoms with Gasteiger partial charge in [-0.05, 0) is 18.3 Å². The van der Waals surface area contributed by atoms with Gasteiger partial charge in [-0.1, -0.05) is 0 Å². The van der Waals surface area contributed by atoms with E-state index in [1.165, 1.54) is 0 Å². The van der Waals surface area contributed by atoms with Crippen LogP contribution in [0.4, 0.5) is 13.2 Å². The van der Waals surface area contributed by atoms with Crippen molar-refractivity contribution in [3.05, 3.63) is 0 Å². The van der Waals surface area contributed by atoms with E-state index in [4.69, 9.17) is 0 Å². The van der Waals surface area contributed by atoms with Gasteiger partial charge in [-0.3, -0.25) is 9.59 Å². The molecule has 2 aliphatic carbocycles. The van der Waals surface area contributed by atoms with Crippen LogP contribution in [0.3, 0.4) is 0 Å². The third kappa shape index (κ3) is 1.26. The molecular weight excluding hydrogens is 185 g/mol. The van der Waals surface area contributed by atoms with Gasteiger partial charge in [-0.2, -0.15) is 13.2 Å². The second-order valence-corrected chi connectivity index (χ2v) is 3.67. The van der Waals surface area contributed by atoms with Gasteiger partial charge in [0.25, 0.3) is 0 Å². The van der Waals surface area contributed by atoms with Crippen molar-refractivity contribution in [2.24, 2.45) is 17.8 Å². The maximum atomic E-state index is 12.0. The van der Waals surface area contributed by atoms with Crippen LogP contribution >= 0.6 is 0 Å². The number of halogens is 3. The monoisotopic (exact) mass is 192 g/mol. The largest absolute Gasteiger partial charge is 0.450 e. The van der Waals surface area contributed by atoms with Crippen LogP contribution in [0.1, 0.15) is 12.8 Å². The number of ketones is 2. The van der Waals surface area contributed by atoms with Crippen molar-refractivity contribution < 1.29 is 22.8 Å². The molecule has 0 radical (unpaired) electrons. The molecule has 2 rings (SSSR count). The molecule has 0 saturated heterocycles. The minimum Gasteiger partial charge on any atom is -0.299 e. The zero-order chi connectivity index (χ0) is 9.80. The molecule has 2 nitrogen and oxygen atoms in total. The van der Waals surface area contributed by atoms with E-state index in [1.54, 1.807) is 0 Å². The van der Waals surface area contributed by atoms with E-state index in [1.807, 2.05) is 0 Å². The minimum atomic E-state index is -4.85. The van der Waals surface area contributed by atoms with E-state index in [-0.39, 0.29) is 18.3 Å². The zero-order valence-corrected chi connectivity index (χ0v) is 6.60. The third-order valence-corrected chi connectivity index (χ3v) is 2.78. The Morgan fingerprint density at radius 3 is 2.38 bits per heavy atom. The van der Waals surface area contributed by atoms with Gasteiger partial charge in [0, 0.05) is 6.42 Å². The fourth-order valence-electron chi connectivity index (χ4n) is 2.06. The topological polar surface area (TPSA) is 34.1 Å². The molecule has 72 valence electrons. The molecule has 0 spiro atoms. The van der Waals surface area contributed by atoms with Crippen molar-refractivity contribution in [1.29, 1.82) is 0 Å². The summed E-state index contributed by atoms with van der Waals surface area (Å²) in [5.41, 5.74) is 0. The smallest absolute Gasteiger partial charge is 0.299 e. The first kappa shape index (κ1) is 8.72. The van der Waals surface area contributed by atoms with Crippen molar-refractivity contribution in [3.63, 3.8) is 0 Å². The lowest BCUT2D eigenvalue weighted by molar-refractivity contribution is -0.176. The highest BCUT2D eigenvalue weighted by atomic mass is 19.4. The van der Waals surface area contributed by atoms with Gasteiger partial charge in [0.1, 0.15) is 5.78 Å². The number of carbonyl (C=O) groups excluding carboxylic acids is 2. The number of carbonyl (C=O) groups is 2. The fraction of sp³-hybridized carbons (Fsp3) is 0.750. The van der Waals surface area contributed by atoms with Crippen molar-refractivity contribution in [3.8, 4) is 0 Å². The third-order valence-electron chi connectivity index (χ3n) is 2.78. The number of hydrogen-bond donors (Lipinski definition) is 0. The molecule has 2 aliphatic rings. The Morgan fingerprint density at radius 2 is 2.00 bits per heavy atom. The van der Waals surface area contributed by atoms with E-state index in [0.29, 0.717) is 6.42 Å². The van der Waals surface area contributed by atoms with Gasteiger partial charge in [-0.25, -0.2) is 0 Å². The maximum Gasteiger partial charge on any atom is 0.450 e. The second-order valence-electron chi connectivity index (χ2n) is 3.67. The average molecular weight is 192 g/mol. The molecule has 2 fully saturated rings. The standard InChI is InChI=1S/C8H7F3O2/c9-8(10,11)7(13)6-4-1-3(4)2-5(6)12/h3-4,6H,1-2H2/t3-,4?,6?/m0/s1. The van der Waals surface area contributed by atoms with Gasteiger partial charge in [0.05, 0.1) is 5.92 Å². The Kier molecular flexibility index (Phi) is 1.56. The molecule has 2 saturated carbocycles. The SMILES string of the molecule is O=C1C[C@@H]2CC2C1C(=O)C(F)(F)F. The Labute approximate surface area is 72.1 Å². The first-order chi connectivity index (χ1) is 5.91. The van der Waals surface area contributed by atoms with E-state index in [9.17, 15) is 22.8 Å². The van der Waals surface area contributed by atoms with E-state index >= 15 is 0 Å². The van der Waals surface area contributed by atoms with Gasteiger partial charge >= 0.3 is 6.18 Å². The highest BCUT2D eigenvalue weighted by molar-refractivity contribution is 6.07. The lowest BCUT2D eigenvalue weighted by Crippen LogP contribution is -2.34. The predicted molar refractivity (Wildman–Crippen MR) is 35.8 cm³/mol. The van der Waals surface area contributed by atoms with Crippen LogP contribution < -0.4 is 0 Å². The fourth-order valence-corrected chi connectivity index (χ4v) is 2.06. The molecule has 2 unspecified atom stereocenters. The Morgan fingerprint density at radius 1 is 1.38 bits per heavy atom. The van der Waals surface area contributed by atoms with Gasteiger partial charge in [0.15, 0.2) is 0 Å². The van der Waals surface area contributed by atoms with Crippen molar-refractivity contribution in [1.82, 2.24) is 0 Å². The summed E-state index contributed by atoms with van der Waals surface area (Å²) in [7, 11) is 0. The van der Waals surface area contributed by atoms with Crippen LogP contribution in [0.2, 0.25) is 0 Å². The molecule has 0 aromatic heterocycles. The van der Waals surface area contributed by atoms with Crippen LogP contribution in [-0.2, 0) is 9.59 Å². The Bertz CT molecular complexity index is 282. The molecule has 13 heavy (non-hydrogen) atoms. The summed E-state index contributed by atoms with van der Waals surface area (Å²) in [6.07, 6.45) is -4.08. The number of Topliss-reactive ketones (excluding diaryl/α,β-unsaturated/α-hetero) is 2. The molecule has 0 aromatic carbocycles. The lowest BCUT2D eigenvalue weighted by atomic mass is 9.97. The van der Waals surface area contributed by atoms with Crippen LogP contribution in [0, 0.1) is 17.8 Å².